The van der Waals surface area contributed by atoms with E-state index in [1.54, 1.807) is 28.4 Å². The smallest absolute Gasteiger partial charge is 0.414 e. The summed E-state index contributed by atoms with van der Waals surface area (Å²) in [5, 5.41) is 5.94. The fraction of sp³-hybridized carbons (Fsp3) is 0.628. The first-order valence-corrected chi connectivity index (χ1v) is 20.3. The van der Waals surface area contributed by atoms with E-state index in [0.717, 1.165) is 30.4 Å². The topological polar surface area (TPSA) is 129 Å². The first kappa shape index (κ1) is 46.1. The van der Waals surface area contributed by atoms with Gasteiger partial charge in [0.05, 0.1) is 12.1 Å². The molecule has 55 heavy (non-hydrogen) atoms. The highest BCUT2D eigenvalue weighted by molar-refractivity contribution is 6.47. The maximum absolute atomic E-state index is 13.2. The molecule has 5 atom stereocenters. The molecular weight excluding hydrogens is 694 g/mol. The molecule has 2 fully saturated rings. The van der Waals surface area contributed by atoms with E-state index in [2.05, 4.69) is 10.6 Å². The molecule has 5 unspecified atom stereocenters. The van der Waals surface area contributed by atoms with Crippen molar-refractivity contribution < 1.29 is 39.2 Å². The van der Waals surface area contributed by atoms with E-state index in [1.165, 1.54) is 25.7 Å². The largest absolute Gasteiger partial charge is 1.00 e. The Morgan fingerprint density at radius 3 is 1.31 bits per heavy atom. The van der Waals surface area contributed by atoms with Crippen LogP contribution in [0, 0.1) is 23.7 Å². The van der Waals surface area contributed by atoms with Gasteiger partial charge in [0.25, 0.3) is 0 Å². The van der Waals surface area contributed by atoms with Crippen LogP contribution in [0.3, 0.4) is 0 Å². The number of benzene rings is 2. The molecule has 4 rings (SSSR count). The molecule has 0 aliphatic heterocycles. The van der Waals surface area contributed by atoms with Gasteiger partial charge in [0.15, 0.2) is 11.6 Å². The SMILES string of the molecule is CCC(C)C(=O)NC(Cc1ccccc1)C(=O)CC(CC1CC1)B(OC)OC.COB(OC)C(CC(=O)C(Cc1ccccc1)NC(=O)C(C)C)CC1CC1.[H+]. The Bertz CT molecular complexity index is 1440. The lowest BCUT2D eigenvalue weighted by atomic mass is 9.66. The highest BCUT2D eigenvalue weighted by atomic mass is 16.6. The summed E-state index contributed by atoms with van der Waals surface area (Å²) in [5.41, 5.74) is 2.08. The zero-order valence-corrected chi connectivity index (χ0v) is 34.6. The van der Waals surface area contributed by atoms with Crippen LogP contribution in [0.4, 0.5) is 0 Å². The zero-order chi connectivity index (χ0) is 40.3. The molecule has 2 amide bonds. The molecule has 0 radical (unpaired) electrons. The molecule has 10 nitrogen and oxygen atoms in total. The predicted molar refractivity (Wildman–Crippen MR) is 221 cm³/mol. The number of rotatable bonds is 25. The second-order valence-corrected chi connectivity index (χ2v) is 15.9. The molecule has 0 bridgehead atoms. The Labute approximate surface area is 332 Å². The third kappa shape index (κ3) is 16.8. The summed E-state index contributed by atoms with van der Waals surface area (Å²) < 4.78 is 21.8. The van der Waals surface area contributed by atoms with E-state index in [1.807, 2.05) is 88.4 Å². The normalized spacial score (nSPS) is 16.5. The second kappa shape index (κ2) is 24.4. The fourth-order valence-corrected chi connectivity index (χ4v) is 6.94. The van der Waals surface area contributed by atoms with E-state index < -0.39 is 26.3 Å². The number of carbonyl (C=O) groups is 4. The Hall–Kier alpha value is -3.31. The van der Waals surface area contributed by atoms with Gasteiger partial charge in [-0.25, -0.2) is 0 Å². The van der Waals surface area contributed by atoms with Crippen LogP contribution in [0.1, 0.15) is 98.0 Å². The summed E-state index contributed by atoms with van der Waals surface area (Å²) in [7, 11) is 5.66. The first-order valence-electron chi connectivity index (χ1n) is 20.3. The molecule has 302 valence electrons. The zero-order valence-electron chi connectivity index (χ0n) is 35.6. The van der Waals surface area contributed by atoms with E-state index >= 15 is 0 Å². The van der Waals surface area contributed by atoms with Crippen LogP contribution >= 0.6 is 0 Å². The van der Waals surface area contributed by atoms with Gasteiger partial charge in [0.1, 0.15) is 0 Å². The first-order chi connectivity index (χ1) is 26.4. The van der Waals surface area contributed by atoms with Gasteiger partial charge in [-0.15, -0.1) is 0 Å². The molecule has 0 saturated heterocycles. The summed E-state index contributed by atoms with van der Waals surface area (Å²) in [6.07, 6.45) is 9.14. The third-order valence-electron chi connectivity index (χ3n) is 10.9. The van der Waals surface area contributed by atoms with Crippen LogP contribution in [0.5, 0.6) is 0 Å². The van der Waals surface area contributed by atoms with Crippen molar-refractivity contribution in [2.24, 2.45) is 23.7 Å². The second-order valence-electron chi connectivity index (χ2n) is 15.9. The van der Waals surface area contributed by atoms with E-state index in [9.17, 15) is 19.2 Å². The van der Waals surface area contributed by atoms with Crippen LogP contribution in [0.2, 0.25) is 11.6 Å². The molecule has 2 aliphatic carbocycles. The quantitative estimate of drug-likeness (QED) is 0.103. The summed E-state index contributed by atoms with van der Waals surface area (Å²) in [5.74, 6) is 0.985. The highest BCUT2D eigenvalue weighted by Gasteiger charge is 2.39. The number of amides is 2. The minimum absolute atomic E-state index is 0. The summed E-state index contributed by atoms with van der Waals surface area (Å²) in [6.45, 7) is 7.54. The lowest BCUT2D eigenvalue weighted by molar-refractivity contribution is -0.130. The predicted octanol–water partition coefficient (Wildman–Crippen LogP) is 7.06. The average Bonchev–Trinajstić information content (AvgIpc) is 4.14. The van der Waals surface area contributed by atoms with Gasteiger partial charge < -0.3 is 29.3 Å². The van der Waals surface area contributed by atoms with Crippen molar-refractivity contribution in [3.05, 3.63) is 71.8 Å². The Balaban J connectivity index is 0.000000380. The molecule has 12 heteroatoms. The van der Waals surface area contributed by atoms with Crippen molar-refractivity contribution in [3.8, 4) is 0 Å². The standard InChI is InChI=1S/C22H34BNO4.C21H32BNO4/c1-5-16(2)22(26)24-20(14-17-9-7-6-8-10-17)21(25)15-19(13-18-11-12-18)23(27-3)28-4;1-15(2)21(25)23-19(13-16-8-6-5-7-9-16)20(24)14-18(12-17-10-11-17)22(26-3)27-4/h6-10,16,18-20H,5,11-15H2,1-4H3,(H,24,26);5-9,15,17-19H,10-14H2,1-4H3,(H,23,25)/p+1. The molecule has 0 spiro atoms. The van der Waals surface area contributed by atoms with Crippen LogP contribution < -0.4 is 10.6 Å². The van der Waals surface area contributed by atoms with Crippen LogP contribution in [-0.4, -0.2) is 78.1 Å². The minimum Gasteiger partial charge on any atom is -0.414 e. The number of hydrogen-bond acceptors (Lipinski definition) is 8. The molecule has 2 saturated carbocycles. The molecule has 2 N–H and O–H groups in total. The molecule has 0 heterocycles. The minimum atomic E-state index is -0.529. The number of ketones is 2. The van der Waals surface area contributed by atoms with Gasteiger partial charge in [0.2, 0.25) is 11.8 Å². The van der Waals surface area contributed by atoms with Gasteiger partial charge in [-0.05, 0) is 55.1 Å². The Morgan fingerprint density at radius 2 is 1.00 bits per heavy atom. The maximum Gasteiger partial charge on any atom is 1.00 e. The third-order valence-corrected chi connectivity index (χ3v) is 10.9. The van der Waals surface area contributed by atoms with E-state index in [-0.39, 0.29) is 48.3 Å². The molecule has 2 aromatic carbocycles. The maximum atomic E-state index is 13.2. The lowest BCUT2D eigenvalue weighted by Crippen LogP contribution is -2.45. The van der Waals surface area contributed by atoms with Gasteiger partial charge in [-0.2, -0.15) is 0 Å². The van der Waals surface area contributed by atoms with E-state index in [0.29, 0.717) is 37.5 Å². The van der Waals surface area contributed by atoms with Crippen LogP contribution in [-0.2, 0) is 50.6 Å². The van der Waals surface area contributed by atoms with Gasteiger partial charge >= 0.3 is 15.7 Å². The highest BCUT2D eigenvalue weighted by Crippen LogP contribution is 2.41. The van der Waals surface area contributed by atoms with Crippen LogP contribution in [0.25, 0.3) is 0 Å². The molecule has 0 aromatic heterocycles. The number of carbonyl (C=O) groups excluding carboxylic acids is 4. The monoisotopic (exact) mass is 762 g/mol. The Morgan fingerprint density at radius 1 is 0.636 bits per heavy atom. The molecule has 2 aliphatic rings. The lowest BCUT2D eigenvalue weighted by Gasteiger charge is -2.24. The van der Waals surface area contributed by atoms with Crippen LogP contribution in [0.15, 0.2) is 60.7 Å². The number of nitrogens with one attached hydrogen (secondary N) is 2. The number of hydrogen-bond donors (Lipinski definition) is 2. The summed E-state index contributed by atoms with van der Waals surface area (Å²) in [6, 6.07) is 18.6. The summed E-state index contributed by atoms with van der Waals surface area (Å²) >= 11 is 0. The van der Waals surface area contributed by atoms with Crippen molar-refractivity contribution in [2.45, 2.75) is 122 Å². The fourth-order valence-electron chi connectivity index (χ4n) is 6.94. The van der Waals surface area contributed by atoms with Crippen molar-refractivity contribution in [3.63, 3.8) is 0 Å². The van der Waals surface area contributed by atoms with Gasteiger partial charge in [-0.1, -0.05) is 114 Å². The van der Waals surface area contributed by atoms with Gasteiger partial charge in [-0.3, -0.25) is 19.2 Å². The summed E-state index contributed by atoms with van der Waals surface area (Å²) in [4.78, 5) is 51.1. The number of Topliss-reactive ketones (excluding diaryl/α,β-unsaturated/α-hetero) is 2. The van der Waals surface area contributed by atoms with E-state index in [4.69, 9.17) is 18.6 Å². The van der Waals surface area contributed by atoms with Crippen molar-refractivity contribution in [2.75, 3.05) is 28.4 Å². The molecular formula is C43H67B2N2O8+. The Kier molecular flexibility index (Phi) is 20.4. The molecule has 2 aromatic rings. The van der Waals surface area contributed by atoms with Crippen molar-refractivity contribution >= 4 is 37.6 Å². The van der Waals surface area contributed by atoms with Gasteiger partial charge in [0, 0.05) is 64.8 Å². The van der Waals surface area contributed by atoms with Crippen molar-refractivity contribution in [1.29, 1.82) is 0 Å². The average molecular weight is 762 g/mol. The van der Waals surface area contributed by atoms with Crippen molar-refractivity contribution in [1.82, 2.24) is 10.6 Å².